The first-order valence-corrected chi connectivity index (χ1v) is 8.10. The van der Waals surface area contributed by atoms with E-state index >= 15 is 0 Å². The maximum Gasteiger partial charge on any atom is 0.124 e. The van der Waals surface area contributed by atoms with Gasteiger partial charge in [0.15, 0.2) is 0 Å². The number of morpholine rings is 1. The number of hydrogen-bond donors (Lipinski definition) is 1. The highest BCUT2D eigenvalue weighted by molar-refractivity contribution is 5.39. The van der Waals surface area contributed by atoms with Crippen LogP contribution in [-0.4, -0.2) is 49.9 Å². The number of benzene rings is 1. The number of hydrogen-bond acceptors (Lipinski definition) is 4. The third-order valence-electron chi connectivity index (χ3n) is 4.51. The first-order chi connectivity index (χ1) is 10.3. The van der Waals surface area contributed by atoms with Crippen LogP contribution in [0.3, 0.4) is 0 Å². The van der Waals surface area contributed by atoms with E-state index in [2.05, 4.69) is 42.3 Å². The van der Waals surface area contributed by atoms with E-state index in [1.807, 2.05) is 6.07 Å². The molecule has 0 bridgehead atoms. The summed E-state index contributed by atoms with van der Waals surface area (Å²) in [6, 6.07) is 9.60. The fraction of sp³-hybridized carbons (Fsp3) is 0.647. The quantitative estimate of drug-likeness (QED) is 0.922. The number of nitrogens with zero attached hydrogens (tertiary/aromatic N) is 1. The normalized spacial score (nSPS) is 29.7. The third-order valence-corrected chi connectivity index (χ3v) is 4.51. The molecule has 2 aliphatic heterocycles. The van der Waals surface area contributed by atoms with Gasteiger partial charge in [0.25, 0.3) is 0 Å². The molecule has 2 heterocycles. The summed E-state index contributed by atoms with van der Waals surface area (Å²) in [4.78, 5) is 2.55. The molecule has 1 fully saturated rings. The fourth-order valence-electron chi connectivity index (χ4n) is 3.41. The van der Waals surface area contributed by atoms with Gasteiger partial charge in [-0.05, 0) is 26.0 Å². The van der Waals surface area contributed by atoms with Crippen molar-refractivity contribution in [2.75, 3.05) is 32.9 Å². The van der Waals surface area contributed by atoms with E-state index in [4.69, 9.17) is 9.47 Å². The summed E-state index contributed by atoms with van der Waals surface area (Å²) >= 11 is 0. The van der Waals surface area contributed by atoms with Crippen LogP contribution in [0.2, 0.25) is 0 Å². The highest BCUT2D eigenvalue weighted by atomic mass is 16.5. The second-order valence-corrected chi connectivity index (χ2v) is 6.01. The fourth-order valence-corrected chi connectivity index (χ4v) is 3.41. The minimum Gasteiger partial charge on any atom is -0.492 e. The molecule has 1 aromatic rings. The largest absolute Gasteiger partial charge is 0.492 e. The summed E-state index contributed by atoms with van der Waals surface area (Å²) in [5, 5.41) is 3.73. The Balaban J connectivity index is 1.85. The van der Waals surface area contributed by atoms with Gasteiger partial charge in [-0.3, -0.25) is 4.90 Å². The molecule has 4 nitrogen and oxygen atoms in total. The maximum atomic E-state index is 6.03. The minimum atomic E-state index is 0.343. The topological polar surface area (TPSA) is 33.7 Å². The zero-order chi connectivity index (χ0) is 14.7. The van der Waals surface area contributed by atoms with Gasteiger partial charge in [-0.2, -0.15) is 0 Å². The molecular formula is C17H26N2O2. The van der Waals surface area contributed by atoms with Gasteiger partial charge in [0.2, 0.25) is 0 Å². The lowest BCUT2D eigenvalue weighted by Gasteiger charge is -2.45. The lowest BCUT2D eigenvalue weighted by atomic mass is 9.93. The molecule has 0 aromatic heterocycles. The molecule has 1 N–H and O–H groups in total. The van der Waals surface area contributed by atoms with Crippen molar-refractivity contribution >= 4 is 0 Å². The van der Waals surface area contributed by atoms with Gasteiger partial charge in [0, 0.05) is 18.2 Å². The van der Waals surface area contributed by atoms with Crippen LogP contribution in [0, 0.1) is 0 Å². The van der Waals surface area contributed by atoms with E-state index in [0.717, 1.165) is 45.1 Å². The van der Waals surface area contributed by atoms with Crippen molar-refractivity contribution in [2.45, 2.75) is 38.4 Å². The summed E-state index contributed by atoms with van der Waals surface area (Å²) in [6.07, 6.45) is 1.14. The van der Waals surface area contributed by atoms with Crippen molar-refractivity contribution in [3.05, 3.63) is 29.8 Å². The summed E-state index contributed by atoms with van der Waals surface area (Å²) in [6.45, 7) is 8.88. The Kier molecular flexibility index (Phi) is 4.78. The van der Waals surface area contributed by atoms with Crippen molar-refractivity contribution in [3.8, 4) is 5.75 Å². The predicted molar refractivity (Wildman–Crippen MR) is 83.7 cm³/mol. The molecule has 21 heavy (non-hydrogen) atoms. The average molecular weight is 290 g/mol. The second kappa shape index (κ2) is 6.77. The van der Waals surface area contributed by atoms with E-state index in [0.29, 0.717) is 18.1 Å². The van der Waals surface area contributed by atoms with Crippen molar-refractivity contribution in [3.63, 3.8) is 0 Å². The van der Waals surface area contributed by atoms with Crippen LogP contribution in [0.25, 0.3) is 0 Å². The van der Waals surface area contributed by atoms with Crippen molar-refractivity contribution in [1.29, 1.82) is 0 Å². The number of fused-ring (bicyclic) bond motifs is 1. The van der Waals surface area contributed by atoms with E-state index < -0.39 is 0 Å². The first kappa shape index (κ1) is 14.8. The number of nitrogens with one attached hydrogen (secondary N) is 1. The van der Waals surface area contributed by atoms with Gasteiger partial charge in [0.1, 0.15) is 12.4 Å². The highest BCUT2D eigenvalue weighted by Crippen LogP contribution is 2.35. The Hall–Kier alpha value is -1.10. The average Bonchev–Trinajstić information content (AvgIpc) is 2.53. The Bertz CT molecular complexity index is 466. The van der Waals surface area contributed by atoms with E-state index in [1.165, 1.54) is 5.56 Å². The van der Waals surface area contributed by atoms with E-state index in [9.17, 15) is 0 Å². The highest BCUT2D eigenvalue weighted by Gasteiger charge is 2.37. The second-order valence-electron chi connectivity index (χ2n) is 6.01. The van der Waals surface area contributed by atoms with Crippen LogP contribution in [0.4, 0.5) is 0 Å². The molecule has 116 valence electrons. The standard InChI is InChI=1S/C17H26N2O2/c1-3-8-18-17-14-6-4-5-7-16(14)21-12-15(17)19-9-10-20-11-13(19)2/h4-7,13,15,17-18H,3,8-12H2,1-2H3. The molecular weight excluding hydrogens is 264 g/mol. The molecule has 2 aliphatic rings. The molecule has 0 radical (unpaired) electrons. The SMILES string of the molecule is CCCNC1c2ccccc2OCC1N1CCOCC1C. The summed E-state index contributed by atoms with van der Waals surface area (Å²) in [5.74, 6) is 1.03. The van der Waals surface area contributed by atoms with Crippen LogP contribution in [-0.2, 0) is 4.74 Å². The van der Waals surface area contributed by atoms with Crippen LogP contribution in [0.15, 0.2) is 24.3 Å². The Morgan fingerprint density at radius 2 is 2.14 bits per heavy atom. The van der Waals surface area contributed by atoms with Gasteiger partial charge < -0.3 is 14.8 Å². The molecule has 0 saturated carbocycles. The summed E-state index contributed by atoms with van der Waals surface area (Å²) < 4.78 is 11.6. The monoisotopic (exact) mass is 290 g/mol. The molecule has 1 aromatic carbocycles. The molecule has 0 aliphatic carbocycles. The lowest BCUT2D eigenvalue weighted by molar-refractivity contribution is -0.0442. The lowest BCUT2D eigenvalue weighted by Crippen LogP contribution is -2.57. The molecule has 1 saturated heterocycles. The van der Waals surface area contributed by atoms with Gasteiger partial charge in [-0.15, -0.1) is 0 Å². The number of rotatable bonds is 4. The van der Waals surface area contributed by atoms with Crippen molar-refractivity contribution in [1.82, 2.24) is 10.2 Å². The minimum absolute atomic E-state index is 0.343. The van der Waals surface area contributed by atoms with Crippen molar-refractivity contribution in [2.24, 2.45) is 0 Å². The smallest absolute Gasteiger partial charge is 0.124 e. The number of para-hydroxylation sites is 1. The molecule has 0 spiro atoms. The summed E-state index contributed by atoms with van der Waals surface area (Å²) in [5.41, 5.74) is 1.29. The van der Waals surface area contributed by atoms with Gasteiger partial charge in [-0.25, -0.2) is 0 Å². The third kappa shape index (κ3) is 3.07. The number of ether oxygens (including phenoxy) is 2. The van der Waals surface area contributed by atoms with Gasteiger partial charge in [-0.1, -0.05) is 25.1 Å². The Morgan fingerprint density at radius 1 is 1.29 bits per heavy atom. The zero-order valence-corrected chi connectivity index (χ0v) is 13.0. The van der Waals surface area contributed by atoms with Gasteiger partial charge in [0.05, 0.1) is 25.3 Å². The van der Waals surface area contributed by atoms with Crippen LogP contribution >= 0.6 is 0 Å². The molecule has 3 atom stereocenters. The van der Waals surface area contributed by atoms with E-state index in [1.54, 1.807) is 0 Å². The molecule has 3 unspecified atom stereocenters. The summed E-state index contributed by atoms with van der Waals surface area (Å²) in [7, 11) is 0. The van der Waals surface area contributed by atoms with Gasteiger partial charge >= 0.3 is 0 Å². The molecule has 0 amide bonds. The van der Waals surface area contributed by atoms with E-state index in [-0.39, 0.29) is 0 Å². The van der Waals surface area contributed by atoms with Crippen LogP contribution in [0.5, 0.6) is 5.75 Å². The zero-order valence-electron chi connectivity index (χ0n) is 13.0. The molecule has 3 rings (SSSR count). The van der Waals surface area contributed by atoms with Crippen molar-refractivity contribution < 1.29 is 9.47 Å². The Morgan fingerprint density at radius 3 is 2.95 bits per heavy atom. The van der Waals surface area contributed by atoms with Crippen LogP contribution in [0.1, 0.15) is 31.9 Å². The van der Waals surface area contributed by atoms with Crippen LogP contribution < -0.4 is 10.1 Å². The first-order valence-electron chi connectivity index (χ1n) is 8.10. The maximum absolute atomic E-state index is 6.03. The Labute approximate surface area is 127 Å². The molecule has 4 heteroatoms. The predicted octanol–water partition coefficient (Wildman–Crippen LogP) is 2.21.